The molecule has 0 spiro atoms. The molecule has 1 aliphatic heterocycles. The summed E-state index contributed by atoms with van der Waals surface area (Å²) in [5.41, 5.74) is 3.09. The summed E-state index contributed by atoms with van der Waals surface area (Å²) in [4.78, 5) is 15.6. The highest BCUT2D eigenvalue weighted by atomic mass is 32.2. The molecule has 6 heteroatoms. The lowest BCUT2D eigenvalue weighted by atomic mass is 10.1. The van der Waals surface area contributed by atoms with Crippen molar-refractivity contribution in [2.24, 2.45) is 0 Å². The zero-order chi connectivity index (χ0) is 22.6. The van der Waals surface area contributed by atoms with Gasteiger partial charge in [-0.1, -0.05) is 66.7 Å². The van der Waals surface area contributed by atoms with Crippen molar-refractivity contribution in [1.29, 1.82) is 0 Å². The van der Waals surface area contributed by atoms with E-state index in [1.807, 2.05) is 60.7 Å². The van der Waals surface area contributed by atoms with Gasteiger partial charge in [-0.25, -0.2) is 8.42 Å². The number of amides is 1. The van der Waals surface area contributed by atoms with Crippen molar-refractivity contribution in [1.82, 2.24) is 9.21 Å². The molecule has 0 radical (unpaired) electrons. The van der Waals surface area contributed by atoms with Crippen molar-refractivity contribution in [2.45, 2.75) is 37.8 Å². The van der Waals surface area contributed by atoms with Crippen LogP contribution in [0.4, 0.5) is 0 Å². The Kier molecular flexibility index (Phi) is 6.72. The fourth-order valence-electron chi connectivity index (χ4n) is 4.07. The Bertz CT molecular complexity index is 1130. The summed E-state index contributed by atoms with van der Waals surface area (Å²) in [6.45, 7) is 3.73. The number of carbonyl (C=O) groups excluding carboxylic acids is 1. The lowest BCUT2D eigenvalue weighted by Crippen LogP contribution is -2.31. The van der Waals surface area contributed by atoms with Crippen molar-refractivity contribution < 1.29 is 13.2 Å². The summed E-state index contributed by atoms with van der Waals surface area (Å²) in [7, 11) is -3.61. The largest absolute Gasteiger partial charge is 0.330 e. The van der Waals surface area contributed by atoms with E-state index in [-0.39, 0.29) is 10.8 Å². The highest BCUT2D eigenvalue weighted by Crippen LogP contribution is 2.25. The minimum Gasteiger partial charge on any atom is -0.330 e. The second-order valence-electron chi connectivity index (χ2n) is 8.22. The van der Waals surface area contributed by atoms with Crippen LogP contribution in [0, 0.1) is 6.92 Å². The van der Waals surface area contributed by atoms with Gasteiger partial charge in [0, 0.05) is 31.7 Å². The molecule has 0 unspecified atom stereocenters. The van der Waals surface area contributed by atoms with Gasteiger partial charge >= 0.3 is 0 Å². The van der Waals surface area contributed by atoms with Crippen LogP contribution in [0.3, 0.4) is 0 Å². The molecule has 3 aromatic carbocycles. The summed E-state index contributed by atoms with van der Waals surface area (Å²) >= 11 is 0. The zero-order valence-electron chi connectivity index (χ0n) is 18.3. The third-order valence-electron chi connectivity index (χ3n) is 5.84. The average molecular weight is 449 g/mol. The van der Waals surface area contributed by atoms with Crippen LogP contribution in [-0.4, -0.2) is 36.6 Å². The molecule has 3 aromatic rings. The van der Waals surface area contributed by atoms with Crippen LogP contribution in [0.25, 0.3) is 0 Å². The summed E-state index contributed by atoms with van der Waals surface area (Å²) in [5.74, 6) is -0.185. The maximum absolute atomic E-state index is 13.6. The van der Waals surface area contributed by atoms with E-state index >= 15 is 0 Å². The van der Waals surface area contributed by atoms with Gasteiger partial charge in [0.25, 0.3) is 5.91 Å². The molecular formula is C26H28N2O3S. The van der Waals surface area contributed by atoms with Crippen LogP contribution in [0.2, 0.25) is 0 Å². The normalized spacial score (nSPS) is 14.4. The molecule has 1 fully saturated rings. The van der Waals surface area contributed by atoms with Crippen LogP contribution in [-0.2, 0) is 23.1 Å². The minimum absolute atomic E-state index is 0.185. The Labute approximate surface area is 190 Å². The van der Waals surface area contributed by atoms with Crippen molar-refractivity contribution in [3.05, 3.63) is 101 Å². The first-order valence-electron chi connectivity index (χ1n) is 10.9. The zero-order valence-corrected chi connectivity index (χ0v) is 19.1. The molecule has 0 saturated carbocycles. The van der Waals surface area contributed by atoms with Crippen molar-refractivity contribution in [3.63, 3.8) is 0 Å². The van der Waals surface area contributed by atoms with Crippen LogP contribution in [0.15, 0.2) is 83.8 Å². The Morgan fingerprint density at radius 2 is 1.38 bits per heavy atom. The molecule has 32 heavy (non-hydrogen) atoms. The molecule has 166 valence electrons. The molecule has 0 aliphatic carbocycles. The molecule has 1 heterocycles. The quantitative estimate of drug-likeness (QED) is 0.530. The van der Waals surface area contributed by atoms with Crippen LogP contribution in [0.5, 0.6) is 0 Å². The Morgan fingerprint density at radius 1 is 0.844 bits per heavy atom. The molecule has 0 aromatic heterocycles. The highest BCUT2D eigenvalue weighted by molar-refractivity contribution is 7.89. The molecule has 1 aliphatic rings. The third kappa shape index (κ3) is 4.92. The summed E-state index contributed by atoms with van der Waals surface area (Å²) in [5, 5.41) is 0. The highest BCUT2D eigenvalue weighted by Gasteiger charge is 2.29. The van der Waals surface area contributed by atoms with E-state index in [4.69, 9.17) is 0 Å². The Balaban J connectivity index is 1.67. The number of nitrogens with zero attached hydrogens (tertiary/aromatic N) is 2. The summed E-state index contributed by atoms with van der Waals surface area (Å²) in [6, 6.07) is 24.7. The van der Waals surface area contributed by atoms with Crippen molar-refractivity contribution in [3.8, 4) is 0 Å². The lowest BCUT2D eigenvalue weighted by molar-refractivity contribution is 0.0729. The minimum atomic E-state index is -3.61. The van der Waals surface area contributed by atoms with Gasteiger partial charge in [0.1, 0.15) is 0 Å². The van der Waals surface area contributed by atoms with Gasteiger partial charge in [-0.05, 0) is 48.6 Å². The standard InChI is InChI=1S/C26H28N2O3S/c1-21-14-15-24(18-25(21)32(30,31)28-16-8-9-17-28)26(29)27(19-22-10-4-2-5-11-22)20-23-12-6-3-7-13-23/h2-7,10-15,18H,8-9,16-17,19-20H2,1H3. The lowest BCUT2D eigenvalue weighted by Gasteiger charge is -2.24. The second kappa shape index (κ2) is 9.67. The molecule has 0 atom stereocenters. The summed E-state index contributed by atoms with van der Waals surface area (Å²) in [6.07, 6.45) is 1.75. The van der Waals surface area contributed by atoms with E-state index in [0.717, 1.165) is 24.0 Å². The molecule has 0 N–H and O–H groups in total. The molecule has 4 rings (SSSR count). The first-order chi connectivity index (χ1) is 15.4. The number of rotatable bonds is 7. The van der Waals surface area contributed by atoms with Gasteiger partial charge in [0.15, 0.2) is 0 Å². The van der Waals surface area contributed by atoms with Gasteiger partial charge in [0.2, 0.25) is 10.0 Å². The number of hydrogen-bond acceptors (Lipinski definition) is 3. The molecular weight excluding hydrogens is 420 g/mol. The summed E-state index contributed by atoms with van der Waals surface area (Å²) < 4.78 is 27.9. The van der Waals surface area contributed by atoms with E-state index < -0.39 is 10.0 Å². The van der Waals surface area contributed by atoms with Crippen LogP contribution < -0.4 is 0 Å². The Hall–Kier alpha value is -2.96. The predicted octanol–water partition coefficient (Wildman–Crippen LogP) is 4.62. The van der Waals surface area contributed by atoms with Crippen LogP contribution in [0.1, 0.15) is 39.9 Å². The molecule has 5 nitrogen and oxygen atoms in total. The third-order valence-corrected chi connectivity index (χ3v) is 7.88. The number of aryl methyl sites for hydroxylation is 1. The van der Waals surface area contributed by atoms with E-state index in [2.05, 4.69) is 0 Å². The topological polar surface area (TPSA) is 57.7 Å². The maximum Gasteiger partial charge on any atom is 0.254 e. The fraction of sp³-hybridized carbons (Fsp3) is 0.269. The number of benzene rings is 3. The van der Waals surface area contributed by atoms with Crippen molar-refractivity contribution >= 4 is 15.9 Å². The van der Waals surface area contributed by atoms with E-state index in [1.165, 1.54) is 4.31 Å². The van der Waals surface area contributed by atoms with Crippen molar-refractivity contribution in [2.75, 3.05) is 13.1 Å². The number of sulfonamides is 1. The molecule has 0 bridgehead atoms. The Morgan fingerprint density at radius 3 is 1.91 bits per heavy atom. The van der Waals surface area contributed by atoms with E-state index in [9.17, 15) is 13.2 Å². The fourth-order valence-corrected chi connectivity index (χ4v) is 5.84. The number of hydrogen-bond donors (Lipinski definition) is 0. The monoisotopic (exact) mass is 448 g/mol. The van der Waals surface area contributed by atoms with Crippen LogP contribution >= 0.6 is 0 Å². The van der Waals surface area contributed by atoms with Gasteiger partial charge in [-0.2, -0.15) is 4.31 Å². The first kappa shape index (κ1) is 22.2. The van der Waals surface area contributed by atoms with E-state index in [0.29, 0.717) is 37.3 Å². The smallest absolute Gasteiger partial charge is 0.254 e. The second-order valence-corrected chi connectivity index (χ2v) is 10.1. The van der Waals surface area contributed by atoms with Gasteiger partial charge in [-0.3, -0.25) is 4.79 Å². The average Bonchev–Trinajstić information content (AvgIpc) is 3.36. The predicted molar refractivity (Wildman–Crippen MR) is 126 cm³/mol. The number of carbonyl (C=O) groups is 1. The van der Waals surface area contributed by atoms with Gasteiger partial charge in [0.05, 0.1) is 4.90 Å². The van der Waals surface area contributed by atoms with Gasteiger partial charge in [-0.15, -0.1) is 0 Å². The van der Waals surface area contributed by atoms with E-state index in [1.54, 1.807) is 30.0 Å². The maximum atomic E-state index is 13.6. The SMILES string of the molecule is Cc1ccc(C(=O)N(Cc2ccccc2)Cc2ccccc2)cc1S(=O)(=O)N1CCCC1. The molecule has 1 amide bonds. The molecule has 1 saturated heterocycles. The van der Waals surface area contributed by atoms with Gasteiger partial charge < -0.3 is 4.90 Å². The first-order valence-corrected chi connectivity index (χ1v) is 12.4.